The molecule has 0 aliphatic heterocycles. The van der Waals surface area contributed by atoms with Gasteiger partial charge in [-0.2, -0.15) is 0 Å². The minimum Gasteiger partial charge on any atom is -0.496 e. The second kappa shape index (κ2) is 5.89. The van der Waals surface area contributed by atoms with Crippen LogP contribution in [0.25, 0.3) is 0 Å². The zero-order valence-corrected chi connectivity index (χ0v) is 11.8. The lowest BCUT2D eigenvalue weighted by molar-refractivity contribution is 0.411. The van der Waals surface area contributed by atoms with Gasteiger partial charge in [0.1, 0.15) is 5.75 Å². The number of methoxy groups -OCH3 is 1. The summed E-state index contributed by atoms with van der Waals surface area (Å²) in [5.74, 6) is 0.900. The maximum atomic E-state index is 6.33. The summed E-state index contributed by atoms with van der Waals surface area (Å²) < 4.78 is 5.27. The first kappa shape index (κ1) is 13.6. The van der Waals surface area contributed by atoms with E-state index in [4.69, 9.17) is 10.5 Å². The molecule has 0 aliphatic carbocycles. The molecule has 0 bridgehead atoms. The molecule has 0 saturated heterocycles. The van der Waals surface area contributed by atoms with Crippen molar-refractivity contribution in [2.45, 2.75) is 26.3 Å². The molecule has 2 nitrogen and oxygen atoms in total. The Morgan fingerprint density at radius 2 is 1.68 bits per heavy atom. The number of aryl methyl sites for hydroxylation is 2. The van der Waals surface area contributed by atoms with Crippen molar-refractivity contribution < 1.29 is 4.74 Å². The molecule has 2 aromatic rings. The molecule has 100 valence electrons. The van der Waals surface area contributed by atoms with Gasteiger partial charge in [-0.3, -0.25) is 0 Å². The zero-order valence-electron chi connectivity index (χ0n) is 11.8. The first-order valence-corrected chi connectivity index (χ1v) is 6.64. The van der Waals surface area contributed by atoms with Crippen LogP contribution < -0.4 is 10.5 Å². The van der Waals surface area contributed by atoms with E-state index < -0.39 is 0 Å². The molecular weight excluding hydrogens is 234 g/mol. The molecule has 19 heavy (non-hydrogen) atoms. The van der Waals surface area contributed by atoms with Crippen molar-refractivity contribution in [3.05, 3.63) is 64.7 Å². The molecular formula is C17H21NO. The summed E-state index contributed by atoms with van der Waals surface area (Å²) in [5.41, 5.74) is 11.0. The summed E-state index contributed by atoms with van der Waals surface area (Å²) in [6, 6.07) is 14.5. The van der Waals surface area contributed by atoms with E-state index in [1.165, 1.54) is 5.56 Å². The Bertz CT molecular complexity index is 546. The van der Waals surface area contributed by atoms with Crippen molar-refractivity contribution in [3.8, 4) is 5.75 Å². The smallest absolute Gasteiger partial charge is 0.121 e. The average Bonchev–Trinajstić information content (AvgIpc) is 2.46. The van der Waals surface area contributed by atoms with Gasteiger partial charge in [-0.1, -0.05) is 43.3 Å². The third-order valence-corrected chi connectivity index (χ3v) is 3.53. The van der Waals surface area contributed by atoms with Crippen molar-refractivity contribution in [1.29, 1.82) is 0 Å². The van der Waals surface area contributed by atoms with Crippen LogP contribution in [-0.4, -0.2) is 7.11 Å². The summed E-state index contributed by atoms with van der Waals surface area (Å²) >= 11 is 0. The van der Waals surface area contributed by atoms with Crippen LogP contribution in [0, 0.1) is 6.92 Å². The molecule has 1 unspecified atom stereocenters. The summed E-state index contributed by atoms with van der Waals surface area (Å²) in [6.07, 6.45) is 1.05. The predicted octanol–water partition coefficient (Wildman–Crippen LogP) is 3.61. The molecule has 0 fully saturated rings. The van der Waals surface area contributed by atoms with E-state index in [0.717, 1.165) is 28.9 Å². The standard InChI is InChI=1S/C17H21NO/c1-4-13-5-7-14(8-6-13)17(18)15-9-10-16(19-3)12(2)11-15/h5-11,17H,4,18H2,1-3H3. The first-order chi connectivity index (χ1) is 9.15. The molecule has 2 rings (SSSR count). The highest BCUT2D eigenvalue weighted by atomic mass is 16.5. The summed E-state index contributed by atoms with van der Waals surface area (Å²) in [7, 11) is 1.69. The van der Waals surface area contributed by atoms with Crippen LogP contribution in [0.2, 0.25) is 0 Å². The minimum absolute atomic E-state index is 0.0875. The van der Waals surface area contributed by atoms with Gasteiger partial charge in [0.25, 0.3) is 0 Å². The second-order valence-electron chi connectivity index (χ2n) is 4.80. The van der Waals surface area contributed by atoms with Crippen molar-refractivity contribution in [2.24, 2.45) is 5.73 Å². The Morgan fingerprint density at radius 3 is 2.21 bits per heavy atom. The lowest BCUT2D eigenvalue weighted by Gasteiger charge is -2.15. The van der Waals surface area contributed by atoms with Gasteiger partial charge in [-0.25, -0.2) is 0 Å². The topological polar surface area (TPSA) is 35.2 Å². The molecule has 2 N–H and O–H groups in total. The number of hydrogen-bond acceptors (Lipinski definition) is 2. The first-order valence-electron chi connectivity index (χ1n) is 6.64. The van der Waals surface area contributed by atoms with Gasteiger partial charge in [0, 0.05) is 0 Å². The summed E-state index contributed by atoms with van der Waals surface area (Å²) in [4.78, 5) is 0. The molecule has 1 atom stereocenters. The molecule has 0 aliphatic rings. The Labute approximate surface area is 115 Å². The Morgan fingerprint density at radius 1 is 1.05 bits per heavy atom. The van der Waals surface area contributed by atoms with E-state index >= 15 is 0 Å². The van der Waals surface area contributed by atoms with Crippen LogP contribution in [0.4, 0.5) is 0 Å². The van der Waals surface area contributed by atoms with Crippen LogP contribution in [-0.2, 0) is 6.42 Å². The lowest BCUT2D eigenvalue weighted by atomic mass is 9.97. The van der Waals surface area contributed by atoms with Crippen molar-refractivity contribution in [1.82, 2.24) is 0 Å². The normalized spacial score (nSPS) is 12.2. The molecule has 0 aromatic heterocycles. The highest BCUT2D eigenvalue weighted by Gasteiger charge is 2.10. The van der Waals surface area contributed by atoms with E-state index in [1.807, 2.05) is 19.1 Å². The number of rotatable bonds is 4. The SMILES string of the molecule is CCc1ccc(C(N)c2ccc(OC)c(C)c2)cc1. The Hall–Kier alpha value is -1.80. The summed E-state index contributed by atoms with van der Waals surface area (Å²) in [5, 5.41) is 0. The van der Waals surface area contributed by atoms with Crippen LogP contribution in [0.3, 0.4) is 0 Å². The van der Waals surface area contributed by atoms with E-state index in [0.29, 0.717) is 0 Å². The Balaban J connectivity index is 2.27. The van der Waals surface area contributed by atoms with Gasteiger partial charge in [0.05, 0.1) is 13.2 Å². The highest BCUT2D eigenvalue weighted by molar-refractivity contribution is 5.40. The quantitative estimate of drug-likeness (QED) is 0.905. The second-order valence-corrected chi connectivity index (χ2v) is 4.80. The molecule has 0 spiro atoms. The molecule has 0 heterocycles. The monoisotopic (exact) mass is 255 g/mol. The van der Waals surface area contributed by atoms with E-state index in [9.17, 15) is 0 Å². The van der Waals surface area contributed by atoms with Gasteiger partial charge in [0.15, 0.2) is 0 Å². The predicted molar refractivity (Wildman–Crippen MR) is 79.6 cm³/mol. The van der Waals surface area contributed by atoms with Crippen LogP contribution in [0.15, 0.2) is 42.5 Å². The summed E-state index contributed by atoms with van der Waals surface area (Å²) in [6.45, 7) is 4.19. The molecule has 2 aromatic carbocycles. The van der Waals surface area contributed by atoms with Gasteiger partial charge in [-0.15, -0.1) is 0 Å². The largest absolute Gasteiger partial charge is 0.496 e. The minimum atomic E-state index is -0.0875. The fourth-order valence-electron chi connectivity index (χ4n) is 2.25. The van der Waals surface area contributed by atoms with E-state index in [-0.39, 0.29) is 6.04 Å². The molecule has 2 heteroatoms. The highest BCUT2D eigenvalue weighted by Crippen LogP contribution is 2.25. The molecule has 0 saturated carbocycles. The fourth-order valence-corrected chi connectivity index (χ4v) is 2.25. The van der Waals surface area contributed by atoms with Gasteiger partial charge >= 0.3 is 0 Å². The lowest BCUT2D eigenvalue weighted by Crippen LogP contribution is -2.12. The van der Waals surface area contributed by atoms with Crippen LogP contribution in [0.5, 0.6) is 5.75 Å². The Kier molecular flexibility index (Phi) is 4.23. The van der Waals surface area contributed by atoms with Gasteiger partial charge in [0.2, 0.25) is 0 Å². The van der Waals surface area contributed by atoms with E-state index in [1.54, 1.807) is 7.11 Å². The fraction of sp³-hybridized carbons (Fsp3) is 0.294. The maximum Gasteiger partial charge on any atom is 0.121 e. The number of nitrogens with two attached hydrogens (primary N) is 1. The third kappa shape index (κ3) is 2.96. The van der Waals surface area contributed by atoms with Gasteiger partial charge < -0.3 is 10.5 Å². The van der Waals surface area contributed by atoms with E-state index in [2.05, 4.69) is 37.3 Å². The molecule has 0 radical (unpaired) electrons. The van der Waals surface area contributed by atoms with Crippen LogP contribution >= 0.6 is 0 Å². The zero-order chi connectivity index (χ0) is 13.8. The van der Waals surface area contributed by atoms with Crippen molar-refractivity contribution >= 4 is 0 Å². The average molecular weight is 255 g/mol. The maximum absolute atomic E-state index is 6.33. The number of ether oxygens (including phenoxy) is 1. The number of hydrogen-bond donors (Lipinski definition) is 1. The van der Waals surface area contributed by atoms with Crippen molar-refractivity contribution in [2.75, 3.05) is 7.11 Å². The van der Waals surface area contributed by atoms with Gasteiger partial charge in [-0.05, 0) is 41.7 Å². The van der Waals surface area contributed by atoms with Crippen LogP contribution in [0.1, 0.15) is 35.2 Å². The molecule has 0 amide bonds. The van der Waals surface area contributed by atoms with Crippen molar-refractivity contribution in [3.63, 3.8) is 0 Å². The third-order valence-electron chi connectivity index (χ3n) is 3.53. The number of benzene rings is 2.